The van der Waals surface area contributed by atoms with Gasteiger partial charge in [0.15, 0.2) is 0 Å². The standard InChI is InChI=1S/C12H14O/c1-7-8(2)9(3)10(4)11(5)12(6)13/h7,13H,1-6H2. The van der Waals surface area contributed by atoms with Gasteiger partial charge < -0.3 is 5.11 Å². The number of hydrogen-bond donors (Lipinski definition) is 1. The molecule has 0 spiro atoms. The van der Waals surface area contributed by atoms with Crippen molar-refractivity contribution in [3.8, 4) is 0 Å². The molecule has 0 aliphatic carbocycles. The molecule has 0 bridgehead atoms. The molecule has 1 N–H and O–H groups in total. The summed E-state index contributed by atoms with van der Waals surface area (Å²) < 4.78 is 0. The molecule has 0 fully saturated rings. The first-order valence-electron chi connectivity index (χ1n) is 3.69. The van der Waals surface area contributed by atoms with E-state index in [1.807, 2.05) is 0 Å². The monoisotopic (exact) mass is 174 g/mol. The lowest BCUT2D eigenvalue weighted by Gasteiger charge is -2.10. The van der Waals surface area contributed by atoms with Gasteiger partial charge in [-0.25, -0.2) is 0 Å². The quantitative estimate of drug-likeness (QED) is 0.500. The van der Waals surface area contributed by atoms with Crippen molar-refractivity contribution in [2.75, 3.05) is 0 Å². The lowest BCUT2D eigenvalue weighted by Crippen LogP contribution is -1.94. The molecule has 0 saturated carbocycles. The van der Waals surface area contributed by atoms with E-state index in [9.17, 15) is 0 Å². The van der Waals surface area contributed by atoms with Crippen LogP contribution in [0.3, 0.4) is 0 Å². The summed E-state index contributed by atoms with van der Waals surface area (Å²) in [5.74, 6) is -0.108. The van der Waals surface area contributed by atoms with Crippen molar-refractivity contribution in [3.63, 3.8) is 0 Å². The minimum Gasteiger partial charge on any atom is -0.508 e. The first-order chi connectivity index (χ1) is 5.91. The van der Waals surface area contributed by atoms with Crippen LogP contribution in [0.4, 0.5) is 0 Å². The molecule has 0 amide bonds. The molecule has 0 heterocycles. The number of aliphatic hydroxyl groups excluding tert-OH is 1. The second-order valence-electron chi connectivity index (χ2n) is 2.61. The van der Waals surface area contributed by atoms with Gasteiger partial charge in [-0.2, -0.15) is 0 Å². The Kier molecular flexibility index (Phi) is 3.73. The molecule has 1 heteroatoms. The van der Waals surface area contributed by atoms with E-state index in [1.165, 1.54) is 0 Å². The topological polar surface area (TPSA) is 20.2 Å². The van der Waals surface area contributed by atoms with E-state index in [0.717, 1.165) is 0 Å². The van der Waals surface area contributed by atoms with Crippen molar-refractivity contribution in [2.24, 2.45) is 0 Å². The van der Waals surface area contributed by atoms with E-state index in [2.05, 4.69) is 39.5 Å². The van der Waals surface area contributed by atoms with E-state index in [0.29, 0.717) is 22.3 Å². The van der Waals surface area contributed by atoms with Crippen molar-refractivity contribution in [1.29, 1.82) is 0 Å². The maximum Gasteiger partial charge on any atom is 0.115 e. The molecule has 0 aliphatic heterocycles. The zero-order valence-electron chi connectivity index (χ0n) is 7.77. The lowest BCUT2D eigenvalue weighted by molar-refractivity contribution is 0.428. The van der Waals surface area contributed by atoms with E-state index < -0.39 is 0 Å². The highest BCUT2D eigenvalue weighted by atomic mass is 16.3. The Morgan fingerprint density at radius 1 is 0.846 bits per heavy atom. The zero-order chi connectivity index (χ0) is 10.6. The molecular weight excluding hydrogens is 160 g/mol. The van der Waals surface area contributed by atoms with Crippen LogP contribution in [0.15, 0.2) is 73.6 Å². The first-order valence-corrected chi connectivity index (χ1v) is 3.69. The van der Waals surface area contributed by atoms with Gasteiger partial charge in [0, 0.05) is 5.57 Å². The molecule has 0 aromatic carbocycles. The summed E-state index contributed by atoms with van der Waals surface area (Å²) in [6.07, 6.45) is 1.57. The number of aliphatic hydroxyl groups is 1. The summed E-state index contributed by atoms with van der Waals surface area (Å²) in [6.45, 7) is 21.7. The third kappa shape index (κ3) is 2.64. The van der Waals surface area contributed by atoms with Gasteiger partial charge in [0.25, 0.3) is 0 Å². The van der Waals surface area contributed by atoms with Gasteiger partial charge in [-0.3, -0.25) is 0 Å². The van der Waals surface area contributed by atoms with E-state index in [1.54, 1.807) is 6.08 Å². The summed E-state index contributed by atoms with van der Waals surface area (Å²) in [5.41, 5.74) is 2.16. The molecule has 1 nitrogen and oxygen atoms in total. The SMILES string of the molecule is C=CC(=C)C(=C)C(=C)C(=C)C(=C)O. The number of rotatable bonds is 5. The van der Waals surface area contributed by atoms with E-state index >= 15 is 0 Å². The number of hydrogen-bond acceptors (Lipinski definition) is 1. The van der Waals surface area contributed by atoms with Crippen LogP contribution in [-0.4, -0.2) is 5.11 Å². The van der Waals surface area contributed by atoms with E-state index in [-0.39, 0.29) is 5.76 Å². The van der Waals surface area contributed by atoms with Crippen molar-refractivity contribution < 1.29 is 5.11 Å². The van der Waals surface area contributed by atoms with Crippen LogP contribution in [0.2, 0.25) is 0 Å². The first kappa shape index (κ1) is 11.2. The van der Waals surface area contributed by atoms with Crippen LogP contribution in [0, 0.1) is 0 Å². The van der Waals surface area contributed by atoms with Crippen molar-refractivity contribution in [2.45, 2.75) is 0 Å². The summed E-state index contributed by atoms with van der Waals surface area (Å²) in [4.78, 5) is 0. The Morgan fingerprint density at radius 2 is 1.31 bits per heavy atom. The summed E-state index contributed by atoms with van der Waals surface area (Å²) >= 11 is 0. The third-order valence-corrected chi connectivity index (χ3v) is 1.71. The molecule has 68 valence electrons. The molecule has 0 radical (unpaired) electrons. The summed E-state index contributed by atoms with van der Waals surface area (Å²) in [7, 11) is 0. The fourth-order valence-corrected chi connectivity index (χ4v) is 0.673. The smallest absolute Gasteiger partial charge is 0.115 e. The largest absolute Gasteiger partial charge is 0.508 e. The third-order valence-electron chi connectivity index (χ3n) is 1.71. The van der Waals surface area contributed by atoms with Gasteiger partial charge in [0.2, 0.25) is 0 Å². The molecule has 0 atom stereocenters. The Bertz CT molecular complexity index is 316. The molecule has 0 saturated heterocycles. The molecule has 0 aliphatic rings. The van der Waals surface area contributed by atoms with Gasteiger partial charge in [0.1, 0.15) is 5.76 Å². The Labute approximate surface area is 79.4 Å². The molecule has 0 unspecified atom stereocenters. The van der Waals surface area contributed by atoms with Crippen LogP contribution in [0.25, 0.3) is 0 Å². The molecule has 0 aromatic heterocycles. The minimum atomic E-state index is -0.108. The molecule has 0 rings (SSSR count). The summed E-state index contributed by atoms with van der Waals surface area (Å²) in [5, 5.41) is 9.04. The Morgan fingerprint density at radius 3 is 1.62 bits per heavy atom. The fraction of sp³-hybridized carbons (Fsp3) is 0. The highest BCUT2D eigenvalue weighted by molar-refractivity contribution is 5.58. The van der Waals surface area contributed by atoms with Crippen LogP contribution < -0.4 is 0 Å². The lowest BCUT2D eigenvalue weighted by atomic mass is 9.96. The van der Waals surface area contributed by atoms with Gasteiger partial charge in [-0.1, -0.05) is 45.5 Å². The van der Waals surface area contributed by atoms with Crippen molar-refractivity contribution >= 4 is 0 Å². The fourth-order valence-electron chi connectivity index (χ4n) is 0.673. The van der Waals surface area contributed by atoms with Gasteiger partial charge in [-0.05, 0) is 16.7 Å². The average molecular weight is 174 g/mol. The maximum atomic E-state index is 9.04. The second-order valence-corrected chi connectivity index (χ2v) is 2.61. The summed E-state index contributed by atoms with van der Waals surface area (Å²) in [6, 6.07) is 0. The van der Waals surface area contributed by atoms with Crippen LogP contribution in [0.5, 0.6) is 0 Å². The van der Waals surface area contributed by atoms with Crippen LogP contribution in [0.1, 0.15) is 0 Å². The highest BCUT2D eigenvalue weighted by Gasteiger charge is 2.07. The highest BCUT2D eigenvalue weighted by Crippen LogP contribution is 2.23. The predicted molar refractivity (Wildman–Crippen MR) is 58.5 cm³/mol. The molecular formula is C12H14O. The van der Waals surface area contributed by atoms with Gasteiger partial charge in [-0.15, -0.1) is 0 Å². The van der Waals surface area contributed by atoms with Crippen LogP contribution >= 0.6 is 0 Å². The average Bonchev–Trinajstić information content (AvgIpc) is 2.12. The number of allylic oxidation sites excluding steroid dienone is 4. The Hall–Kier alpha value is -1.76. The normalized spacial score (nSPS) is 8.62. The Balaban J connectivity index is 4.73. The van der Waals surface area contributed by atoms with Gasteiger partial charge >= 0.3 is 0 Å². The minimum absolute atomic E-state index is 0.108. The van der Waals surface area contributed by atoms with Crippen LogP contribution in [-0.2, 0) is 0 Å². The maximum absolute atomic E-state index is 9.04. The second kappa shape index (κ2) is 4.31. The molecule has 0 aromatic rings. The van der Waals surface area contributed by atoms with Crippen molar-refractivity contribution in [1.82, 2.24) is 0 Å². The van der Waals surface area contributed by atoms with Gasteiger partial charge in [0.05, 0.1) is 0 Å². The zero-order valence-corrected chi connectivity index (χ0v) is 7.77. The van der Waals surface area contributed by atoms with E-state index in [4.69, 9.17) is 5.11 Å². The van der Waals surface area contributed by atoms with Crippen molar-refractivity contribution in [3.05, 3.63) is 73.6 Å². The predicted octanol–water partition coefficient (Wildman–Crippen LogP) is 3.47. The molecule has 13 heavy (non-hydrogen) atoms.